The van der Waals surface area contributed by atoms with Crippen LogP contribution in [-0.2, 0) is 6.54 Å². The van der Waals surface area contributed by atoms with Crippen molar-refractivity contribution in [3.8, 4) is 0 Å². The summed E-state index contributed by atoms with van der Waals surface area (Å²) >= 11 is 0. The largest absolute Gasteiger partial charge is 0.355 e. The molecule has 1 aromatic rings. The molecule has 22 heavy (non-hydrogen) atoms. The summed E-state index contributed by atoms with van der Waals surface area (Å²) in [5.41, 5.74) is 0.913. The maximum absolute atomic E-state index is 13.2. The van der Waals surface area contributed by atoms with Crippen molar-refractivity contribution in [3.05, 3.63) is 35.6 Å². The van der Waals surface area contributed by atoms with E-state index in [1.165, 1.54) is 31.9 Å². The summed E-state index contributed by atoms with van der Waals surface area (Å²) in [5, 5.41) is 6.63. The van der Waals surface area contributed by atoms with E-state index in [0.717, 1.165) is 24.6 Å². The van der Waals surface area contributed by atoms with E-state index in [1.807, 2.05) is 6.07 Å². The minimum Gasteiger partial charge on any atom is -0.355 e. The van der Waals surface area contributed by atoms with Gasteiger partial charge in [0.2, 0.25) is 0 Å². The van der Waals surface area contributed by atoms with Crippen LogP contribution in [0.1, 0.15) is 31.7 Å². The zero-order valence-corrected chi connectivity index (χ0v) is 13.6. The molecular weight excluding hydrogens is 279 g/mol. The van der Waals surface area contributed by atoms with Gasteiger partial charge in [-0.15, -0.1) is 0 Å². The molecule has 1 aromatic carbocycles. The van der Waals surface area contributed by atoms with Crippen molar-refractivity contribution in [1.29, 1.82) is 0 Å². The molecule has 1 heterocycles. The number of aliphatic imine (C=N–C) groups is 1. The Morgan fingerprint density at radius 2 is 2.23 bits per heavy atom. The van der Waals surface area contributed by atoms with E-state index in [0.29, 0.717) is 12.6 Å². The van der Waals surface area contributed by atoms with Gasteiger partial charge in [-0.3, -0.25) is 9.89 Å². The first-order valence-corrected chi connectivity index (χ1v) is 8.16. The summed E-state index contributed by atoms with van der Waals surface area (Å²) in [6.07, 6.45) is 3.84. The molecule has 5 heteroatoms. The van der Waals surface area contributed by atoms with Crippen molar-refractivity contribution in [2.75, 3.05) is 26.7 Å². The minimum absolute atomic E-state index is 0.206. The molecule has 0 bridgehead atoms. The predicted octanol–water partition coefficient (Wildman–Crippen LogP) is 2.37. The van der Waals surface area contributed by atoms with Crippen molar-refractivity contribution in [1.82, 2.24) is 15.5 Å². The molecule has 0 radical (unpaired) electrons. The number of piperidine rings is 1. The number of likely N-dealkylation sites (N-methyl/N-ethyl adjacent to an activating group) is 1. The van der Waals surface area contributed by atoms with Gasteiger partial charge >= 0.3 is 0 Å². The summed E-state index contributed by atoms with van der Waals surface area (Å²) in [6.45, 7) is 5.98. The summed E-state index contributed by atoms with van der Waals surface area (Å²) in [5.74, 6) is 0.564. The van der Waals surface area contributed by atoms with Crippen molar-refractivity contribution in [3.63, 3.8) is 0 Å². The molecule has 0 aliphatic carbocycles. The van der Waals surface area contributed by atoms with E-state index in [-0.39, 0.29) is 5.82 Å². The molecule has 0 amide bonds. The molecule has 1 unspecified atom stereocenters. The lowest BCUT2D eigenvalue weighted by Gasteiger charge is -2.35. The molecule has 1 aliphatic heterocycles. The normalized spacial score (nSPS) is 20.0. The molecule has 1 aliphatic rings. The highest BCUT2D eigenvalue weighted by Gasteiger charge is 2.20. The predicted molar refractivity (Wildman–Crippen MR) is 89.5 cm³/mol. The first-order valence-electron chi connectivity index (χ1n) is 8.16. The summed E-state index contributed by atoms with van der Waals surface area (Å²) < 4.78 is 13.2. The number of nitrogens with zero attached hydrogens (tertiary/aromatic N) is 2. The van der Waals surface area contributed by atoms with Gasteiger partial charge in [0.05, 0.1) is 0 Å². The summed E-state index contributed by atoms with van der Waals surface area (Å²) in [7, 11) is 1.76. The summed E-state index contributed by atoms with van der Waals surface area (Å²) in [4.78, 5) is 6.77. The fraction of sp³-hybridized carbons (Fsp3) is 0.588. The quantitative estimate of drug-likeness (QED) is 0.648. The number of hydrogen-bond donors (Lipinski definition) is 2. The Labute approximate surface area is 132 Å². The van der Waals surface area contributed by atoms with E-state index in [2.05, 4.69) is 27.4 Å². The van der Waals surface area contributed by atoms with E-state index in [4.69, 9.17) is 0 Å². The molecule has 4 nitrogen and oxygen atoms in total. The molecule has 122 valence electrons. The lowest BCUT2D eigenvalue weighted by atomic mass is 10.0. The van der Waals surface area contributed by atoms with Crippen molar-refractivity contribution < 1.29 is 4.39 Å². The van der Waals surface area contributed by atoms with Gasteiger partial charge in [-0.2, -0.15) is 0 Å². The second-order valence-electron chi connectivity index (χ2n) is 5.71. The van der Waals surface area contributed by atoms with Crippen LogP contribution in [0.5, 0.6) is 0 Å². The third-order valence-electron chi connectivity index (χ3n) is 4.23. The highest BCUT2D eigenvalue weighted by atomic mass is 19.1. The van der Waals surface area contributed by atoms with Crippen LogP contribution >= 0.6 is 0 Å². The first-order chi connectivity index (χ1) is 10.7. The average molecular weight is 306 g/mol. The maximum Gasteiger partial charge on any atom is 0.191 e. The molecule has 1 fully saturated rings. The molecule has 0 spiro atoms. The second kappa shape index (κ2) is 8.73. The number of halogens is 1. The number of benzene rings is 1. The molecule has 0 aromatic heterocycles. The van der Waals surface area contributed by atoms with Gasteiger partial charge in [-0.05, 0) is 43.6 Å². The van der Waals surface area contributed by atoms with Gasteiger partial charge in [0.15, 0.2) is 5.96 Å². The highest BCUT2D eigenvalue weighted by molar-refractivity contribution is 5.79. The number of hydrogen-bond acceptors (Lipinski definition) is 2. The Morgan fingerprint density at radius 3 is 2.95 bits per heavy atom. The number of nitrogens with one attached hydrogen (secondary N) is 2. The maximum atomic E-state index is 13.2. The Bertz CT molecular complexity index is 489. The monoisotopic (exact) mass is 306 g/mol. The standard InChI is InChI=1S/C17H27FN4/c1-3-22-10-5-4-9-16(22)13-21-17(19-2)20-12-14-7-6-8-15(18)11-14/h6-8,11,16H,3-5,9-10,12-13H2,1-2H3,(H2,19,20,21). The Hall–Kier alpha value is -1.62. The van der Waals surface area contributed by atoms with Crippen LogP contribution < -0.4 is 10.6 Å². The van der Waals surface area contributed by atoms with Crippen molar-refractivity contribution in [2.45, 2.75) is 38.8 Å². The summed E-state index contributed by atoms with van der Waals surface area (Å²) in [6, 6.07) is 7.21. The van der Waals surface area contributed by atoms with Gasteiger partial charge in [0, 0.05) is 26.2 Å². The molecule has 1 saturated heterocycles. The molecule has 0 saturated carbocycles. The van der Waals surface area contributed by atoms with Crippen LogP contribution in [0.15, 0.2) is 29.3 Å². The fourth-order valence-corrected chi connectivity index (χ4v) is 2.98. The Balaban J connectivity index is 1.79. The number of likely N-dealkylation sites (tertiary alicyclic amines) is 1. The zero-order valence-electron chi connectivity index (χ0n) is 13.6. The third kappa shape index (κ3) is 4.98. The van der Waals surface area contributed by atoms with Crippen LogP contribution in [-0.4, -0.2) is 43.6 Å². The topological polar surface area (TPSA) is 39.7 Å². The van der Waals surface area contributed by atoms with Crippen LogP contribution in [0.4, 0.5) is 4.39 Å². The van der Waals surface area contributed by atoms with Gasteiger partial charge < -0.3 is 10.6 Å². The van der Waals surface area contributed by atoms with Crippen molar-refractivity contribution >= 4 is 5.96 Å². The first kappa shape index (κ1) is 16.7. The van der Waals surface area contributed by atoms with Gasteiger partial charge in [0.1, 0.15) is 5.82 Å². The van der Waals surface area contributed by atoms with Gasteiger partial charge in [0.25, 0.3) is 0 Å². The molecule has 2 N–H and O–H groups in total. The lowest BCUT2D eigenvalue weighted by Crippen LogP contribution is -2.48. The highest BCUT2D eigenvalue weighted by Crippen LogP contribution is 2.15. The Morgan fingerprint density at radius 1 is 1.36 bits per heavy atom. The SMILES string of the molecule is CCN1CCCCC1CNC(=NC)NCc1cccc(F)c1. The van der Waals surface area contributed by atoms with E-state index in [9.17, 15) is 4.39 Å². The molecule has 2 rings (SSSR count). The van der Waals surface area contributed by atoms with Crippen LogP contribution in [0.3, 0.4) is 0 Å². The van der Waals surface area contributed by atoms with E-state index in [1.54, 1.807) is 19.2 Å². The molecular formula is C17H27FN4. The smallest absolute Gasteiger partial charge is 0.191 e. The van der Waals surface area contributed by atoms with Crippen LogP contribution in [0, 0.1) is 5.82 Å². The number of rotatable bonds is 5. The third-order valence-corrected chi connectivity index (χ3v) is 4.23. The number of guanidine groups is 1. The van der Waals surface area contributed by atoms with Gasteiger partial charge in [-0.1, -0.05) is 25.5 Å². The second-order valence-corrected chi connectivity index (χ2v) is 5.71. The lowest BCUT2D eigenvalue weighted by molar-refractivity contribution is 0.157. The van der Waals surface area contributed by atoms with E-state index < -0.39 is 0 Å². The zero-order chi connectivity index (χ0) is 15.8. The Kier molecular flexibility index (Phi) is 6.65. The fourth-order valence-electron chi connectivity index (χ4n) is 2.98. The van der Waals surface area contributed by atoms with E-state index >= 15 is 0 Å². The minimum atomic E-state index is -0.206. The molecule has 1 atom stereocenters. The average Bonchev–Trinajstić information content (AvgIpc) is 2.55. The van der Waals surface area contributed by atoms with Crippen LogP contribution in [0.2, 0.25) is 0 Å². The van der Waals surface area contributed by atoms with Gasteiger partial charge in [-0.25, -0.2) is 4.39 Å². The van der Waals surface area contributed by atoms with Crippen molar-refractivity contribution in [2.24, 2.45) is 4.99 Å². The van der Waals surface area contributed by atoms with Crippen LogP contribution in [0.25, 0.3) is 0 Å².